The minimum Gasteiger partial charge on any atom is -0.383 e. The van der Waals surface area contributed by atoms with Crippen molar-refractivity contribution in [1.29, 1.82) is 0 Å². The van der Waals surface area contributed by atoms with Gasteiger partial charge in [-0.2, -0.15) is 0 Å². The summed E-state index contributed by atoms with van der Waals surface area (Å²) in [4.78, 5) is 26.7. The molecule has 1 atom stereocenters. The smallest absolute Gasteiger partial charge is 0.263 e. The van der Waals surface area contributed by atoms with Crippen LogP contribution in [0.5, 0.6) is 0 Å². The number of pyridine rings is 1. The van der Waals surface area contributed by atoms with E-state index in [1.807, 2.05) is 6.92 Å². The lowest BCUT2D eigenvalue weighted by Gasteiger charge is -2.22. The maximum Gasteiger partial charge on any atom is 0.263 e. The van der Waals surface area contributed by atoms with E-state index in [4.69, 9.17) is 4.74 Å². The van der Waals surface area contributed by atoms with Gasteiger partial charge in [0.1, 0.15) is 5.56 Å². The predicted molar refractivity (Wildman–Crippen MR) is 133 cm³/mol. The normalized spacial score (nSPS) is 12.5. The molecule has 0 saturated carbocycles. The lowest BCUT2D eigenvalue weighted by molar-refractivity contribution is 0.0948. The number of ether oxygens (including phenoxy) is 1. The number of carbonyl (C=O) groups excluding carboxylic acids is 1. The number of sulfone groups is 1. The minimum absolute atomic E-state index is 0.0556. The van der Waals surface area contributed by atoms with Crippen molar-refractivity contribution in [2.75, 3.05) is 20.0 Å². The van der Waals surface area contributed by atoms with Crippen LogP contribution in [0.1, 0.15) is 46.6 Å². The topological polar surface area (TPSA) is 94.5 Å². The van der Waals surface area contributed by atoms with E-state index < -0.39 is 27.6 Å². The van der Waals surface area contributed by atoms with E-state index in [-0.39, 0.29) is 34.2 Å². The first-order valence-electron chi connectivity index (χ1n) is 11.1. The molecule has 1 aromatic heterocycles. The second-order valence-electron chi connectivity index (χ2n) is 8.57. The van der Waals surface area contributed by atoms with E-state index in [2.05, 4.69) is 5.32 Å². The van der Waals surface area contributed by atoms with Gasteiger partial charge in [-0.05, 0) is 43.2 Å². The predicted octanol–water partition coefficient (Wildman–Crippen LogP) is 4.30. The monoisotopic (exact) mass is 518 g/mol. The van der Waals surface area contributed by atoms with Crippen LogP contribution in [0, 0.1) is 6.92 Å². The van der Waals surface area contributed by atoms with Crippen LogP contribution in [0.25, 0.3) is 11.1 Å². The van der Waals surface area contributed by atoms with Crippen LogP contribution in [0.15, 0.2) is 64.4 Å². The van der Waals surface area contributed by atoms with E-state index in [1.165, 1.54) is 43.6 Å². The molecule has 0 fully saturated rings. The summed E-state index contributed by atoms with van der Waals surface area (Å²) in [5, 5.41) is 2.69. The number of benzene rings is 2. The van der Waals surface area contributed by atoms with Gasteiger partial charge in [-0.25, -0.2) is 17.2 Å². The second kappa shape index (κ2) is 11.1. The summed E-state index contributed by atoms with van der Waals surface area (Å²) >= 11 is 0. The van der Waals surface area contributed by atoms with Gasteiger partial charge in [0.05, 0.1) is 17.5 Å². The molecule has 0 spiro atoms. The Kier molecular flexibility index (Phi) is 8.42. The van der Waals surface area contributed by atoms with Crippen molar-refractivity contribution in [3.8, 4) is 11.1 Å². The average molecular weight is 519 g/mol. The Labute approximate surface area is 208 Å². The number of hydrogen-bond acceptors (Lipinski definition) is 5. The average Bonchev–Trinajstić information content (AvgIpc) is 2.82. The summed E-state index contributed by atoms with van der Waals surface area (Å²) in [5.41, 5.74) is 0.656. The van der Waals surface area contributed by atoms with Crippen LogP contribution >= 0.6 is 0 Å². The van der Waals surface area contributed by atoms with Crippen LogP contribution in [0.4, 0.5) is 8.78 Å². The van der Waals surface area contributed by atoms with Crippen LogP contribution < -0.4 is 10.7 Å². The molecule has 1 amide bonds. The van der Waals surface area contributed by atoms with E-state index in [0.29, 0.717) is 23.4 Å². The van der Waals surface area contributed by atoms with Crippen LogP contribution in [-0.4, -0.2) is 38.9 Å². The first-order valence-corrected chi connectivity index (χ1v) is 13.0. The Bertz CT molecular complexity index is 1420. The molecular weight excluding hydrogens is 490 g/mol. The standard InChI is InChI=1S/C26H28F2N2O5S/c1-16(15-35-3)30-14-22(26(32)29-13-18-8-10-21(11-9-18)36(4,33)34)24(31)23(17(30)2)19-6-5-7-20(12-19)25(27)28/h5-12,14,16,25H,13,15H2,1-4H3,(H,29,32)/t16-/m1/s1. The third-order valence-electron chi connectivity index (χ3n) is 5.85. The molecule has 10 heteroatoms. The molecule has 0 aliphatic carbocycles. The van der Waals surface area contributed by atoms with Crippen LogP contribution in [0.3, 0.4) is 0 Å². The number of aromatic nitrogens is 1. The maximum absolute atomic E-state index is 13.5. The SMILES string of the molecule is COC[C@@H](C)n1cc(C(=O)NCc2ccc(S(C)(=O)=O)cc2)c(=O)c(-c2cccc(C(F)F)c2)c1C. The molecular formula is C26H28F2N2O5S. The van der Waals surface area contributed by atoms with Crippen molar-refractivity contribution < 1.29 is 26.7 Å². The molecule has 1 N–H and O–H groups in total. The van der Waals surface area contributed by atoms with Gasteiger partial charge in [-0.3, -0.25) is 9.59 Å². The first kappa shape index (κ1) is 27.2. The summed E-state index contributed by atoms with van der Waals surface area (Å²) < 4.78 is 56.9. The van der Waals surface area contributed by atoms with Gasteiger partial charge >= 0.3 is 0 Å². The maximum atomic E-state index is 13.5. The van der Waals surface area contributed by atoms with Gasteiger partial charge in [0.2, 0.25) is 5.43 Å². The van der Waals surface area contributed by atoms with Crippen molar-refractivity contribution >= 4 is 15.7 Å². The molecule has 36 heavy (non-hydrogen) atoms. The molecule has 7 nitrogen and oxygen atoms in total. The summed E-state index contributed by atoms with van der Waals surface area (Å²) in [7, 11) is -1.82. The number of nitrogens with one attached hydrogen (secondary N) is 1. The molecule has 0 radical (unpaired) electrons. The molecule has 2 aromatic carbocycles. The van der Waals surface area contributed by atoms with Crippen LogP contribution in [0.2, 0.25) is 0 Å². The third kappa shape index (κ3) is 6.06. The first-order chi connectivity index (χ1) is 16.9. The molecule has 0 aliphatic rings. The molecule has 0 saturated heterocycles. The highest BCUT2D eigenvalue weighted by Crippen LogP contribution is 2.27. The zero-order valence-electron chi connectivity index (χ0n) is 20.4. The fourth-order valence-corrected chi connectivity index (χ4v) is 4.60. The molecule has 192 valence electrons. The van der Waals surface area contributed by atoms with Gasteiger partial charge < -0.3 is 14.6 Å². The molecule has 3 aromatic rings. The van der Waals surface area contributed by atoms with Gasteiger partial charge in [-0.15, -0.1) is 0 Å². The zero-order chi connectivity index (χ0) is 26.6. The number of amides is 1. The Morgan fingerprint density at radius 3 is 2.39 bits per heavy atom. The van der Waals surface area contributed by atoms with Gasteiger partial charge in [0.15, 0.2) is 9.84 Å². The molecule has 0 bridgehead atoms. The Hall–Kier alpha value is -3.37. The van der Waals surface area contributed by atoms with Crippen LogP contribution in [-0.2, 0) is 21.1 Å². The Morgan fingerprint density at radius 2 is 1.81 bits per heavy atom. The van der Waals surface area contributed by atoms with E-state index in [9.17, 15) is 26.8 Å². The lowest BCUT2D eigenvalue weighted by atomic mass is 9.98. The largest absolute Gasteiger partial charge is 0.383 e. The van der Waals surface area contributed by atoms with E-state index >= 15 is 0 Å². The Balaban J connectivity index is 2.02. The zero-order valence-corrected chi connectivity index (χ0v) is 21.2. The number of halogens is 2. The number of nitrogens with zero attached hydrogens (tertiary/aromatic N) is 1. The highest BCUT2D eigenvalue weighted by Gasteiger charge is 2.22. The number of alkyl halides is 2. The fourth-order valence-electron chi connectivity index (χ4n) is 3.97. The summed E-state index contributed by atoms with van der Waals surface area (Å²) in [6, 6.07) is 11.3. The van der Waals surface area contributed by atoms with Gasteiger partial charge in [0.25, 0.3) is 12.3 Å². The third-order valence-corrected chi connectivity index (χ3v) is 6.98. The van der Waals surface area contributed by atoms with Crippen molar-refractivity contribution in [2.24, 2.45) is 0 Å². The van der Waals surface area contributed by atoms with Gasteiger partial charge in [-0.1, -0.05) is 30.3 Å². The molecule has 1 heterocycles. The second-order valence-corrected chi connectivity index (χ2v) is 10.6. The fraction of sp³-hybridized carbons (Fsp3) is 0.308. The lowest BCUT2D eigenvalue weighted by Crippen LogP contribution is -2.31. The van der Waals surface area contributed by atoms with Crippen molar-refractivity contribution in [3.05, 3.63) is 87.3 Å². The van der Waals surface area contributed by atoms with Crippen molar-refractivity contribution in [3.63, 3.8) is 0 Å². The van der Waals surface area contributed by atoms with Crippen molar-refractivity contribution in [2.45, 2.75) is 37.8 Å². The minimum atomic E-state index is -3.35. The van der Waals surface area contributed by atoms with E-state index in [0.717, 1.165) is 6.26 Å². The Morgan fingerprint density at radius 1 is 1.14 bits per heavy atom. The highest BCUT2D eigenvalue weighted by atomic mass is 32.2. The van der Waals surface area contributed by atoms with Gasteiger partial charge in [0, 0.05) is 42.9 Å². The summed E-state index contributed by atoms with van der Waals surface area (Å²) in [6.45, 7) is 3.91. The van der Waals surface area contributed by atoms with E-state index in [1.54, 1.807) is 29.7 Å². The molecule has 3 rings (SSSR count). The quantitative estimate of drug-likeness (QED) is 0.456. The molecule has 0 aliphatic heterocycles. The summed E-state index contributed by atoms with van der Waals surface area (Å²) in [5.74, 6) is -0.642. The highest BCUT2D eigenvalue weighted by molar-refractivity contribution is 7.90. The number of methoxy groups -OCH3 is 1. The van der Waals surface area contributed by atoms with Crippen molar-refractivity contribution in [1.82, 2.24) is 9.88 Å². The number of rotatable bonds is 9. The summed E-state index contributed by atoms with van der Waals surface area (Å²) in [6.07, 6.45) is -0.157. The number of carbonyl (C=O) groups is 1. The molecule has 0 unspecified atom stereocenters. The number of hydrogen-bond donors (Lipinski definition) is 1.